The Hall–Kier alpha value is -1.22. The first-order valence-corrected chi connectivity index (χ1v) is 10.3. The van der Waals surface area contributed by atoms with Crippen LogP contribution < -0.4 is 9.47 Å². The van der Waals surface area contributed by atoms with E-state index in [1.807, 2.05) is 0 Å². The summed E-state index contributed by atoms with van der Waals surface area (Å²) in [5.74, 6) is 3.07. The second kappa shape index (κ2) is 5.19. The quantitative estimate of drug-likeness (QED) is 0.670. The molecule has 3 heteroatoms. The maximum Gasteiger partial charge on any atom is 0.129 e. The SMILES string of the molecule is COc1cc(C)cc2c1[C@@H]1OC[C@@]34CCCC(C)(C)[C@@H]3CC[C@](C)(O2)[C@H]14. The number of ether oxygens (including phenoxy) is 3. The predicted octanol–water partition coefficient (Wildman–Crippen LogP) is 5.45. The van der Waals surface area contributed by atoms with E-state index in [-0.39, 0.29) is 17.1 Å². The highest BCUT2D eigenvalue weighted by Gasteiger charge is 2.69. The molecule has 5 rings (SSSR count). The molecule has 3 fully saturated rings. The molecule has 0 amide bonds. The van der Waals surface area contributed by atoms with E-state index in [2.05, 4.69) is 39.8 Å². The van der Waals surface area contributed by atoms with E-state index in [1.54, 1.807) is 7.11 Å². The summed E-state index contributed by atoms with van der Waals surface area (Å²) in [6.07, 6.45) is 6.43. The maximum absolute atomic E-state index is 6.78. The molecule has 0 aromatic heterocycles. The van der Waals surface area contributed by atoms with Gasteiger partial charge in [-0.1, -0.05) is 20.3 Å². The molecule has 0 bridgehead atoms. The van der Waals surface area contributed by atoms with Crippen molar-refractivity contribution in [3.63, 3.8) is 0 Å². The van der Waals surface area contributed by atoms with Gasteiger partial charge in [0.2, 0.25) is 0 Å². The molecule has 3 nitrogen and oxygen atoms in total. The number of hydrogen-bond acceptors (Lipinski definition) is 3. The van der Waals surface area contributed by atoms with Gasteiger partial charge in [0.25, 0.3) is 0 Å². The number of fused-ring (bicyclic) bond motifs is 2. The topological polar surface area (TPSA) is 27.7 Å². The van der Waals surface area contributed by atoms with E-state index in [0.29, 0.717) is 11.3 Å². The molecular weight excluding hydrogens is 324 g/mol. The first-order chi connectivity index (χ1) is 12.3. The van der Waals surface area contributed by atoms with Crippen LogP contribution in [-0.4, -0.2) is 19.3 Å². The summed E-state index contributed by atoms with van der Waals surface area (Å²) >= 11 is 0. The lowest BCUT2D eigenvalue weighted by atomic mass is 9.44. The van der Waals surface area contributed by atoms with Crippen molar-refractivity contribution >= 4 is 0 Å². The molecule has 0 N–H and O–H groups in total. The molecule has 4 aliphatic rings. The Labute approximate surface area is 157 Å². The van der Waals surface area contributed by atoms with E-state index < -0.39 is 0 Å². The third-order valence-electron chi connectivity index (χ3n) is 8.24. The summed E-state index contributed by atoms with van der Waals surface area (Å²) in [5, 5.41) is 0. The van der Waals surface area contributed by atoms with Crippen LogP contribution in [0.3, 0.4) is 0 Å². The van der Waals surface area contributed by atoms with Crippen LogP contribution in [-0.2, 0) is 4.74 Å². The molecule has 0 radical (unpaired) electrons. The lowest BCUT2D eigenvalue weighted by Crippen LogP contribution is -2.61. The van der Waals surface area contributed by atoms with Crippen molar-refractivity contribution in [1.29, 1.82) is 0 Å². The average molecular weight is 357 g/mol. The van der Waals surface area contributed by atoms with Gasteiger partial charge in [-0.2, -0.15) is 0 Å². The first-order valence-electron chi connectivity index (χ1n) is 10.3. The van der Waals surface area contributed by atoms with Gasteiger partial charge in [-0.3, -0.25) is 0 Å². The summed E-state index contributed by atoms with van der Waals surface area (Å²) in [4.78, 5) is 0. The Morgan fingerprint density at radius 3 is 2.69 bits per heavy atom. The Kier molecular flexibility index (Phi) is 3.37. The lowest BCUT2D eigenvalue weighted by molar-refractivity contribution is -0.156. The standard InChI is InChI=1S/C23H32O3/c1-14-11-15(24-5)18-16(12-14)26-22(4)10-7-17-21(2,3)8-6-9-23(17)13-25-19(18)20(22)23/h11-12,17,19-20H,6-10,13H2,1-5H3/t17-,19-,20-,22-,23-/m0/s1. The second-order valence-corrected chi connectivity index (χ2v) is 10.2. The summed E-state index contributed by atoms with van der Waals surface area (Å²) < 4.78 is 19.2. The van der Waals surface area contributed by atoms with Crippen molar-refractivity contribution < 1.29 is 14.2 Å². The average Bonchev–Trinajstić information content (AvgIpc) is 2.94. The highest BCUT2D eigenvalue weighted by atomic mass is 16.5. The fourth-order valence-corrected chi connectivity index (χ4v) is 7.35. The monoisotopic (exact) mass is 356 g/mol. The fourth-order valence-electron chi connectivity index (χ4n) is 7.35. The smallest absolute Gasteiger partial charge is 0.129 e. The largest absolute Gasteiger partial charge is 0.496 e. The predicted molar refractivity (Wildman–Crippen MR) is 102 cm³/mol. The van der Waals surface area contributed by atoms with Gasteiger partial charge in [0.15, 0.2) is 0 Å². The zero-order valence-electron chi connectivity index (χ0n) is 16.9. The zero-order chi connectivity index (χ0) is 18.3. The minimum absolute atomic E-state index is 0.107. The summed E-state index contributed by atoms with van der Waals surface area (Å²) in [6, 6.07) is 4.30. The number of methoxy groups -OCH3 is 1. The van der Waals surface area contributed by atoms with Crippen LogP contribution in [0.2, 0.25) is 0 Å². The molecule has 2 heterocycles. The molecule has 0 unspecified atom stereocenters. The molecule has 2 aliphatic carbocycles. The van der Waals surface area contributed by atoms with Gasteiger partial charge in [-0.05, 0) is 68.6 Å². The zero-order valence-corrected chi connectivity index (χ0v) is 16.9. The van der Waals surface area contributed by atoms with Crippen LogP contribution in [0.25, 0.3) is 0 Å². The maximum atomic E-state index is 6.78. The second-order valence-electron chi connectivity index (χ2n) is 10.2. The van der Waals surface area contributed by atoms with Crippen LogP contribution >= 0.6 is 0 Å². The fraction of sp³-hybridized carbons (Fsp3) is 0.739. The van der Waals surface area contributed by atoms with Gasteiger partial charge >= 0.3 is 0 Å². The highest BCUT2D eigenvalue weighted by molar-refractivity contribution is 5.52. The molecule has 2 saturated carbocycles. The van der Waals surface area contributed by atoms with Crippen molar-refractivity contribution in [3.8, 4) is 11.5 Å². The minimum Gasteiger partial charge on any atom is -0.496 e. The summed E-state index contributed by atoms with van der Waals surface area (Å²) in [6.45, 7) is 10.3. The lowest BCUT2D eigenvalue weighted by Gasteiger charge is -2.61. The Morgan fingerprint density at radius 1 is 1.12 bits per heavy atom. The summed E-state index contributed by atoms with van der Waals surface area (Å²) in [5.41, 5.74) is 2.86. The van der Waals surface area contributed by atoms with Crippen molar-refractivity contribution in [2.75, 3.05) is 13.7 Å². The van der Waals surface area contributed by atoms with Gasteiger partial charge in [0, 0.05) is 11.3 Å². The van der Waals surface area contributed by atoms with E-state index in [1.165, 1.54) is 31.2 Å². The molecule has 2 aliphatic heterocycles. The van der Waals surface area contributed by atoms with Crippen molar-refractivity contribution in [1.82, 2.24) is 0 Å². The molecule has 1 saturated heterocycles. The number of aryl methyl sites for hydroxylation is 1. The summed E-state index contributed by atoms with van der Waals surface area (Å²) in [7, 11) is 1.76. The third kappa shape index (κ3) is 1.99. The molecular formula is C23H32O3. The Bertz CT molecular complexity index is 754. The number of benzene rings is 1. The van der Waals surface area contributed by atoms with Crippen molar-refractivity contribution in [2.24, 2.45) is 22.7 Å². The Balaban J connectivity index is 1.69. The number of hydrogen-bond donors (Lipinski definition) is 0. The van der Waals surface area contributed by atoms with E-state index >= 15 is 0 Å². The van der Waals surface area contributed by atoms with Crippen molar-refractivity contribution in [2.45, 2.75) is 71.5 Å². The van der Waals surface area contributed by atoms with Crippen LogP contribution in [0, 0.1) is 29.6 Å². The molecule has 1 aromatic carbocycles. The third-order valence-corrected chi connectivity index (χ3v) is 8.24. The normalized spacial score (nSPS) is 42.3. The van der Waals surface area contributed by atoms with E-state index in [4.69, 9.17) is 14.2 Å². The van der Waals surface area contributed by atoms with E-state index in [9.17, 15) is 0 Å². The van der Waals surface area contributed by atoms with Crippen LogP contribution in [0.15, 0.2) is 12.1 Å². The van der Waals surface area contributed by atoms with Gasteiger partial charge in [0.05, 0.1) is 25.4 Å². The van der Waals surface area contributed by atoms with Gasteiger partial charge < -0.3 is 14.2 Å². The Morgan fingerprint density at radius 2 is 1.92 bits per heavy atom. The molecule has 1 spiro atoms. The van der Waals surface area contributed by atoms with Crippen molar-refractivity contribution in [3.05, 3.63) is 23.3 Å². The number of rotatable bonds is 1. The first kappa shape index (κ1) is 16.9. The highest BCUT2D eigenvalue weighted by Crippen LogP contribution is 2.71. The van der Waals surface area contributed by atoms with Crippen LogP contribution in [0.4, 0.5) is 0 Å². The van der Waals surface area contributed by atoms with Gasteiger partial charge in [0.1, 0.15) is 17.1 Å². The molecule has 1 aromatic rings. The minimum atomic E-state index is -0.128. The van der Waals surface area contributed by atoms with E-state index in [0.717, 1.165) is 36.0 Å². The van der Waals surface area contributed by atoms with Crippen LogP contribution in [0.1, 0.15) is 70.1 Å². The van der Waals surface area contributed by atoms with Gasteiger partial charge in [-0.15, -0.1) is 0 Å². The van der Waals surface area contributed by atoms with Crippen LogP contribution in [0.5, 0.6) is 11.5 Å². The molecule has 142 valence electrons. The molecule has 26 heavy (non-hydrogen) atoms. The van der Waals surface area contributed by atoms with Gasteiger partial charge in [-0.25, -0.2) is 0 Å². The molecule has 5 atom stereocenters.